The molecule has 0 N–H and O–H groups in total. The van der Waals surface area contributed by atoms with Crippen LogP contribution in [-0.2, 0) is 0 Å². The van der Waals surface area contributed by atoms with Crippen LogP contribution in [0.15, 0.2) is 12.2 Å². The molecule has 1 heteroatoms. The van der Waals surface area contributed by atoms with Gasteiger partial charge >= 0.3 is 0 Å². The molecule has 0 saturated heterocycles. The van der Waals surface area contributed by atoms with Crippen LogP contribution in [0.5, 0.6) is 0 Å². The Morgan fingerprint density at radius 2 is 2.56 bits per heavy atom. The Morgan fingerprint density at radius 3 is 3.11 bits per heavy atom. The van der Waals surface area contributed by atoms with Crippen molar-refractivity contribution >= 4 is 24.2 Å². The maximum atomic E-state index is 2.35. The minimum Gasteiger partial charge on any atom is -0.115 e. The van der Waals surface area contributed by atoms with Gasteiger partial charge in [0.05, 0.1) is 0 Å². The quantitative estimate of drug-likeness (QED) is 0.522. The van der Waals surface area contributed by atoms with E-state index < -0.39 is 0 Å². The van der Waals surface area contributed by atoms with E-state index in [2.05, 4.69) is 19.1 Å². The van der Waals surface area contributed by atoms with Crippen LogP contribution in [0.3, 0.4) is 0 Å². The van der Waals surface area contributed by atoms with Gasteiger partial charge in [0, 0.05) is 4.43 Å². The number of hydrogen-bond acceptors (Lipinski definition) is 0. The van der Waals surface area contributed by atoms with E-state index in [1.165, 1.54) is 23.7 Å². The van der Waals surface area contributed by atoms with E-state index in [1.807, 2.05) is 0 Å². The Morgan fingerprint density at radius 1 is 1.67 bits per heavy atom. The monoisotopic (exact) mass is 236 g/mol. The molecule has 0 aliphatic carbocycles. The Kier molecular flexibility index (Phi) is 3.48. The fourth-order valence-electron chi connectivity index (χ4n) is 0.856. The average molecular weight is 236 g/mol. The average Bonchev–Trinajstić information content (AvgIpc) is 2.34. The van der Waals surface area contributed by atoms with Crippen molar-refractivity contribution in [2.24, 2.45) is 0 Å². The first kappa shape index (κ1) is 7.45. The Balaban J connectivity index is 2.19. The van der Waals surface area contributed by atoms with Gasteiger partial charge in [0.2, 0.25) is 0 Å². The molecule has 0 spiro atoms. The van der Waals surface area contributed by atoms with Crippen molar-refractivity contribution in [1.82, 2.24) is 0 Å². The van der Waals surface area contributed by atoms with Gasteiger partial charge in [0.1, 0.15) is 0 Å². The molecule has 1 rings (SSSR count). The highest BCUT2D eigenvalue weighted by Crippen LogP contribution is 2.14. The summed E-state index contributed by atoms with van der Waals surface area (Å²) in [4.78, 5) is 0. The molecule has 0 aromatic heterocycles. The number of hydrogen-bond donors (Lipinski definition) is 0. The van der Waals surface area contributed by atoms with Gasteiger partial charge in [0.15, 0.2) is 0 Å². The largest absolute Gasteiger partial charge is 0.115 e. The van der Waals surface area contributed by atoms with Crippen molar-refractivity contribution in [2.75, 3.05) is 4.43 Å². The van der Waals surface area contributed by atoms with Crippen molar-refractivity contribution < 1.29 is 0 Å². The van der Waals surface area contributed by atoms with Crippen LogP contribution in [0.4, 0.5) is 0 Å². The Labute approximate surface area is 67.1 Å². The molecule has 52 valence electrons. The van der Waals surface area contributed by atoms with Crippen LogP contribution in [0, 0.1) is 0 Å². The molecule has 0 unspecified atom stereocenters. The van der Waals surface area contributed by atoms with E-state index in [4.69, 9.17) is 0 Å². The summed E-state index contributed by atoms with van der Waals surface area (Å²) < 4.78 is 3.17. The molecule has 0 amide bonds. The second-order valence-corrected chi connectivity index (χ2v) is 5.27. The van der Waals surface area contributed by atoms with Gasteiger partial charge in [-0.2, -0.15) is 0 Å². The van der Waals surface area contributed by atoms with Crippen molar-refractivity contribution in [3.8, 4) is 0 Å². The van der Waals surface area contributed by atoms with Crippen LogP contribution >= 0.6 is 20.7 Å². The lowest BCUT2D eigenvalue weighted by atomic mass is 10.2. The predicted molar refractivity (Wildman–Crippen MR) is 52.6 cm³/mol. The third kappa shape index (κ3) is 2.61. The predicted octanol–water partition coefficient (Wildman–Crippen LogP) is 2.89. The number of rotatable bonds is 3. The van der Waals surface area contributed by atoms with Crippen LogP contribution in [0.25, 0.3) is 0 Å². The normalized spacial score (nSPS) is 17.2. The first-order valence-corrected chi connectivity index (χ1v) is 6.15. The molecule has 0 atom stereocenters. The summed E-state index contributed by atoms with van der Waals surface area (Å²) in [6.07, 6.45) is 8.82. The molecular weight excluding hydrogens is 223 g/mol. The van der Waals surface area contributed by atoms with Crippen LogP contribution in [-0.4, -0.2) is 7.94 Å². The number of alkyl halides is 1. The highest BCUT2D eigenvalue weighted by Gasteiger charge is 1.95. The van der Waals surface area contributed by atoms with Crippen molar-refractivity contribution in [3.63, 3.8) is 0 Å². The minimum atomic E-state index is 0.469. The maximum absolute atomic E-state index is 2.35. The van der Waals surface area contributed by atoms with Gasteiger partial charge in [0.25, 0.3) is 0 Å². The van der Waals surface area contributed by atoms with Crippen LogP contribution in [0.2, 0.25) is 0 Å². The summed E-state index contributed by atoms with van der Waals surface area (Å²) >= 11 is 0.469. The topological polar surface area (TPSA) is 0 Å². The molecular formula is C8H13I. The molecule has 0 nitrogen and oxygen atoms in total. The minimum absolute atomic E-state index is 0.469. The van der Waals surface area contributed by atoms with E-state index in [0.717, 1.165) is 0 Å². The zero-order valence-corrected chi connectivity index (χ0v) is 8.02. The van der Waals surface area contributed by atoms with E-state index in [1.54, 1.807) is 3.51 Å². The second kappa shape index (κ2) is 4.20. The molecule has 0 saturated carbocycles. The molecule has 0 fully saturated rings. The lowest BCUT2D eigenvalue weighted by Gasteiger charge is -1.93. The molecule has 0 aromatic carbocycles. The van der Waals surface area contributed by atoms with Crippen molar-refractivity contribution in [1.29, 1.82) is 0 Å². The molecule has 1 aliphatic heterocycles. The zero-order chi connectivity index (χ0) is 6.53. The SMILES string of the molecule is CCCCC1=ICC=C1. The summed E-state index contributed by atoms with van der Waals surface area (Å²) in [5.74, 6) is 0. The van der Waals surface area contributed by atoms with Crippen molar-refractivity contribution in [3.05, 3.63) is 12.2 Å². The maximum Gasteiger partial charge on any atom is 0.0133 e. The summed E-state index contributed by atoms with van der Waals surface area (Å²) in [6, 6.07) is 0. The van der Waals surface area contributed by atoms with Crippen LogP contribution < -0.4 is 0 Å². The third-order valence-electron chi connectivity index (χ3n) is 1.41. The first-order valence-electron chi connectivity index (χ1n) is 3.55. The molecule has 0 aromatic rings. The standard InChI is InChI=1S/C8H13I/c1-2-3-5-8-6-4-7-9-8/h4,6H,2-3,5,7H2,1H3. The number of halogens is 1. The van der Waals surface area contributed by atoms with E-state index >= 15 is 0 Å². The molecule has 9 heavy (non-hydrogen) atoms. The second-order valence-electron chi connectivity index (χ2n) is 2.24. The summed E-state index contributed by atoms with van der Waals surface area (Å²) in [5.41, 5.74) is 0. The lowest BCUT2D eigenvalue weighted by Crippen LogP contribution is -1.85. The highest BCUT2D eigenvalue weighted by atomic mass is 127. The fourth-order valence-corrected chi connectivity index (χ4v) is 3.20. The van der Waals surface area contributed by atoms with E-state index in [0.29, 0.717) is 20.7 Å². The number of allylic oxidation sites excluding steroid dienone is 2. The smallest absolute Gasteiger partial charge is 0.0133 e. The van der Waals surface area contributed by atoms with E-state index in [9.17, 15) is 0 Å². The summed E-state index contributed by atoms with van der Waals surface area (Å²) in [6.45, 7) is 2.26. The molecule has 0 bridgehead atoms. The van der Waals surface area contributed by atoms with Crippen LogP contribution in [0.1, 0.15) is 26.2 Å². The third-order valence-corrected chi connectivity index (χ3v) is 4.23. The summed E-state index contributed by atoms with van der Waals surface area (Å²) in [7, 11) is 0. The molecule has 1 aliphatic rings. The summed E-state index contributed by atoms with van der Waals surface area (Å²) in [5, 5.41) is 0. The fraction of sp³-hybridized carbons (Fsp3) is 0.625. The molecule has 0 radical (unpaired) electrons. The van der Waals surface area contributed by atoms with E-state index in [-0.39, 0.29) is 0 Å². The number of unbranched alkanes of at least 4 members (excludes halogenated alkanes) is 1. The van der Waals surface area contributed by atoms with Gasteiger partial charge in [-0.25, -0.2) is 0 Å². The van der Waals surface area contributed by atoms with Gasteiger partial charge < -0.3 is 0 Å². The zero-order valence-electron chi connectivity index (χ0n) is 5.86. The van der Waals surface area contributed by atoms with Gasteiger partial charge in [-0.1, -0.05) is 25.5 Å². The highest BCUT2D eigenvalue weighted by molar-refractivity contribution is 14.2. The first-order chi connectivity index (χ1) is 4.43. The Bertz CT molecular complexity index is 134. The van der Waals surface area contributed by atoms with Crippen molar-refractivity contribution in [2.45, 2.75) is 26.2 Å². The van der Waals surface area contributed by atoms with Gasteiger partial charge in [-0.15, -0.1) is 20.7 Å². The molecule has 1 heterocycles. The lowest BCUT2D eigenvalue weighted by molar-refractivity contribution is 0.842. The van der Waals surface area contributed by atoms with Gasteiger partial charge in [-0.3, -0.25) is 0 Å². The Hall–Kier alpha value is 0.340. The van der Waals surface area contributed by atoms with Gasteiger partial charge in [-0.05, 0) is 16.4 Å².